The van der Waals surface area contributed by atoms with Crippen molar-refractivity contribution in [2.24, 2.45) is 23.7 Å². The van der Waals surface area contributed by atoms with Crippen molar-refractivity contribution in [1.29, 1.82) is 0 Å². The summed E-state index contributed by atoms with van der Waals surface area (Å²) in [4.78, 5) is 77.5. The van der Waals surface area contributed by atoms with E-state index in [0.29, 0.717) is 108 Å². The van der Waals surface area contributed by atoms with E-state index in [1.807, 2.05) is 0 Å². The highest BCUT2D eigenvalue weighted by Gasteiger charge is 2.19. The van der Waals surface area contributed by atoms with E-state index in [1.54, 1.807) is 0 Å². The Hall–Kier alpha value is -3.30. The molecule has 0 heterocycles. The number of esters is 6. The van der Waals surface area contributed by atoms with E-state index >= 15 is 0 Å². The highest BCUT2D eigenvalue weighted by atomic mass is 16.6. The first-order chi connectivity index (χ1) is 64.8. The van der Waals surface area contributed by atoms with Gasteiger partial charge in [-0.25, -0.2) is 0 Å². The lowest BCUT2D eigenvalue weighted by Crippen LogP contribution is -2.34. The smallest absolute Gasteiger partial charge is 0.305 e. The quantitative estimate of drug-likeness (QED) is 0.0333. The molecule has 0 aromatic rings. The van der Waals surface area contributed by atoms with E-state index in [-0.39, 0.29) is 35.8 Å². The molecule has 0 aromatic heterocycles. The van der Waals surface area contributed by atoms with Crippen LogP contribution in [0.5, 0.6) is 0 Å². The standard InChI is InChI=1S/C64H126N2O6.C53H103NO6/c1-6-11-16-21-24-25-26-27-30-44-57-70-62(67)49-38-31-41-52-65-53-56-66(54-42-32-39-50-63(68)71-58-60(45-34-19-14-9-4)47-36-28-22-17-12-7-2)55-43-33-40-51-64(69)72-59-61(46-35-20-15-10-5)48-37-29-23-18-13-8-3;1-6-11-16-27-37-48(35-13-8-3)46-59-52(56)42-31-24-20-18-22-29-39-50(54-44-34-26-33-41-51(55)58-45-15-10-5)40-30-23-19-21-25-32-43-53(57)60-47-49(36-14-9-4)38-28-17-12-7-2/h60-61,65H,6-59H2,1-5H3;48-50,54H,6-47H2,1-5H3. The molecule has 0 radical (unpaired) electrons. The summed E-state index contributed by atoms with van der Waals surface area (Å²) in [6.45, 7) is 32.0. The van der Waals surface area contributed by atoms with Gasteiger partial charge in [0.1, 0.15) is 0 Å². The normalized spacial score (nSPS) is 12.7. The predicted octanol–water partition coefficient (Wildman–Crippen LogP) is 34.5. The van der Waals surface area contributed by atoms with Crippen molar-refractivity contribution in [3.8, 4) is 0 Å². The third kappa shape index (κ3) is 101. The van der Waals surface area contributed by atoms with E-state index in [1.165, 1.54) is 372 Å². The lowest BCUT2D eigenvalue weighted by Gasteiger charge is -2.22. The fourth-order valence-corrected chi connectivity index (χ4v) is 18.4. The van der Waals surface area contributed by atoms with Crippen molar-refractivity contribution in [3.05, 3.63) is 0 Å². The molecule has 0 rings (SSSR count). The van der Waals surface area contributed by atoms with Crippen molar-refractivity contribution in [2.45, 2.75) is 615 Å². The van der Waals surface area contributed by atoms with Gasteiger partial charge in [0.2, 0.25) is 0 Å². The number of rotatable bonds is 108. The van der Waals surface area contributed by atoms with Gasteiger partial charge >= 0.3 is 35.8 Å². The number of nitrogens with one attached hydrogen (secondary N) is 2. The molecular formula is C117H229N3O12. The molecule has 784 valence electrons. The number of hydrogen-bond acceptors (Lipinski definition) is 15. The largest absolute Gasteiger partial charge is 0.466 e. The van der Waals surface area contributed by atoms with Gasteiger partial charge in [-0.1, -0.05) is 429 Å². The molecule has 0 aliphatic heterocycles. The van der Waals surface area contributed by atoms with E-state index in [2.05, 4.69) is 84.8 Å². The second kappa shape index (κ2) is 110. The Kier molecular flexibility index (Phi) is 109. The first-order valence-corrected chi connectivity index (χ1v) is 58.9. The molecule has 0 fully saturated rings. The number of carbonyl (C=O) groups excluding carboxylic acids is 6. The van der Waals surface area contributed by atoms with Gasteiger partial charge in [0.15, 0.2) is 0 Å². The van der Waals surface area contributed by atoms with E-state index in [4.69, 9.17) is 28.4 Å². The maximum Gasteiger partial charge on any atom is 0.305 e. The fraction of sp³-hybridized carbons (Fsp3) is 0.949. The van der Waals surface area contributed by atoms with Crippen LogP contribution in [-0.2, 0) is 57.2 Å². The minimum absolute atomic E-state index is 0.000412. The number of ether oxygens (including phenoxy) is 6. The van der Waals surface area contributed by atoms with Crippen molar-refractivity contribution in [2.75, 3.05) is 78.9 Å². The van der Waals surface area contributed by atoms with Crippen molar-refractivity contribution >= 4 is 35.8 Å². The third-order valence-electron chi connectivity index (χ3n) is 27.6. The first kappa shape index (κ1) is 131. The summed E-state index contributed by atoms with van der Waals surface area (Å²) in [5.41, 5.74) is 0. The van der Waals surface area contributed by atoms with Crippen LogP contribution in [0.15, 0.2) is 0 Å². The Morgan fingerprint density at radius 1 is 0.189 bits per heavy atom. The SMILES string of the molecule is CCCCCCC(CCCC)COC(=O)CCCCCCCCC(CCCCCCCCC(=O)OCC(CCCC)CCCCCC)NCCCCCC(=O)OCCCC.CCCCCCCCCCCCOC(=O)CCCCCNCCN(CCCCCC(=O)OCC(CCCCCC)CCCCCCCC)CCCCCC(=O)OCC(CCCCCC)CCCCCCCC. The van der Waals surface area contributed by atoms with Crippen LogP contribution < -0.4 is 10.6 Å². The van der Waals surface area contributed by atoms with Crippen molar-refractivity contribution < 1.29 is 57.2 Å². The van der Waals surface area contributed by atoms with Crippen LogP contribution in [0.25, 0.3) is 0 Å². The lowest BCUT2D eigenvalue weighted by atomic mass is 9.95. The van der Waals surface area contributed by atoms with Crippen LogP contribution in [0.3, 0.4) is 0 Å². The topological polar surface area (TPSA) is 185 Å². The molecule has 0 aromatic carbocycles. The lowest BCUT2D eigenvalue weighted by molar-refractivity contribution is -0.146. The van der Waals surface area contributed by atoms with Gasteiger partial charge in [0, 0.05) is 57.7 Å². The molecule has 0 aliphatic rings. The average Bonchev–Trinajstić information content (AvgIpc) is 0.971. The van der Waals surface area contributed by atoms with Crippen LogP contribution in [0.4, 0.5) is 0 Å². The van der Waals surface area contributed by atoms with E-state index in [9.17, 15) is 28.8 Å². The monoisotopic (exact) mass is 1870 g/mol. The summed E-state index contributed by atoms with van der Waals surface area (Å²) in [6.07, 6.45) is 97.1. The van der Waals surface area contributed by atoms with Crippen molar-refractivity contribution in [1.82, 2.24) is 15.5 Å². The van der Waals surface area contributed by atoms with Crippen LogP contribution >= 0.6 is 0 Å². The summed E-state index contributed by atoms with van der Waals surface area (Å²) in [5, 5.41) is 7.54. The molecule has 132 heavy (non-hydrogen) atoms. The maximum absolute atomic E-state index is 12.9. The fourth-order valence-electron chi connectivity index (χ4n) is 18.4. The zero-order valence-corrected chi connectivity index (χ0v) is 90.1. The predicted molar refractivity (Wildman–Crippen MR) is 565 cm³/mol. The molecule has 0 aliphatic carbocycles. The Morgan fingerprint density at radius 2 is 0.402 bits per heavy atom. The molecule has 15 nitrogen and oxygen atoms in total. The molecule has 15 heteroatoms. The minimum Gasteiger partial charge on any atom is -0.466 e. The Bertz CT molecular complexity index is 2250. The number of carbonyl (C=O) groups is 6. The summed E-state index contributed by atoms with van der Waals surface area (Å²) >= 11 is 0. The van der Waals surface area contributed by atoms with Crippen LogP contribution in [0.2, 0.25) is 0 Å². The summed E-state index contributed by atoms with van der Waals surface area (Å²) in [7, 11) is 0. The summed E-state index contributed by atoms with van der Waals surface area (Å²) in [5.74, 6) is 1.97. The summed E-state index contributed by atoms with van der Waals surface area (Å²) < 4.78 is 34.1. The van der Waals surface area contributed by atoms with E-state index in [0.717, 1.165) is 168 Å². The first-order valence-electron chi connectivity index (χ1n) is 58.9. The molecule has 0 saturated heterocycles. The van der Waals surface area contributed by atoms with Gasteiger partial charge < -0.3 is 44.0 Å². The maximum atomic E-state index is 12.9. The van der Waals surface area contributed by atoms with Crippen LogP contribution in [-0.4, -0.2) is 126 Å². The summed E-state index contributed by atoms with van der Waals surface area (Å²) in [6, 6.07) is 0.550. The van der Waals surface area contributed by atoms with Gasteiger partial charge in [-0.05, 0) is 191 Å². The van der Waals surface area contributed by atoms with E-state index < -0.39 is 0 Å². The Morgan fingerprint density at radius 3 is 0.697 bits per heavy atom. The van der Waals surface area contributed by atoms with Crippen LogP contribution in [0.1, 0.15) is 609 Å². The van der Waals surface area contributed by atoms with Gasteiger partial charge in [0.05, 0.1) is 39.6 Å². The highest BCUT2D eigenvalue weighted by Crippen LogP contribution is 2.26. The Labute approximate surface area is 821 Å². The third-order valence-corrected chi connectivity index (χ3v) is 27.6. The minimum atomic E-state index is -0.0481. The number of hydrogen-bond donors (Lipinski definition) is 2. The molecule has 0 amide bonds. The molecule has 2 N–H and O–H groups in total. The second-order valence-electron chi connectivity index (χ2n) is 40.8. The van der Waals surface area contributed by atoms with Crippen LogP contribution in [0, 0.1) is 23.7 Å². The Balaban J connectivity index is 0. The number of nitrogens with zero attached hydrogens (tertiary/aromatic N) is 1. The van der Waals surface area contributed by atoms with Crippen molar-refractivity contribution in [3.63, 3.8) is 0 Å². The molecule has 0 spiro atoms. The van der Waals surface area contributed by atoms with Gasteiger partial charge in [-0.2, -0.15) is 0 Å². The zero-order valence-electron chi connectivity index (χ0n) is 90.1. The second-order valence-corrected chi connectivity index (χ2v) is 40.8. The number of unbranched alkanes of at least 4 members (excludes halogenated alkanes) is 52. The highest BCUT2D eigenvalue weighted by molar-refractivity contribution is 5.71. The molecule has 4 atom stereocenters. The van der Waals surface area contributed by atoms with Gasteiger partial charge in [0.25, 0.3) is 0 Å². The molecule has 4 unspecified atom stereocenters. The molecule has 0 bridgehead atoms. The van der Waals surface area contributed by atoms with Gasteiger partial charge in [-0.3, -0.25) is 28.8 Å². The average molecular weight is 1870 g/mol. The van der Waals surface area contributed by atoms with Gasteiger partial charge in [-0.15, -0.1) is 0 Å². The molecular weight excluding hydrogens is 1640 g/mol. The molecule has 0 saturated carbocycles. The zero-order chi connectivity index (χ0) is 96.5.